The van der Waals surface area contributed by atoms with Gasteiger partial charge in [0, 0.05) is 37.2 Å². The molecule has 198 valence electrons. The smallest absolute Gasteiger partial charge is 0.325 e. The molecule has 0 radical (unpaired) electrons. The van der Waals surface area contributed by atoms with E-state index >= 15 is 0 Å². The van der Waals surface area contributed by atoms with Crippen molar-refractivity contribution in [3.8, 4) is 11.9 Å². The first-order chi connectivity index (χ1) is 17.8. The molecule has 4 rings (SSSR count). The number of aryl methyl sites for hydroxylation is 1. The fourth-order valence-corrected chi connectivity index (χ4v) is 4.61. The highest BCUT2D eigenvalue weighted by Crippen LogP contribution is 2.31. The average molecular weight is 534 g/mol. The summed E-state index contributed by atoms with van der Waals surface area (Å²) in [5.74, 6) is 0.400. The third kappa shape index (κ3) is 6.04. The summed E-state index contributed by atoms with van der Waals surface area (Å²) >= 11 is 1.34. The number of aromatic nitrogens is 5. The Labute approximate surface area is 215 Å². The van der Waals surface area contributed by atoms with Crippen molar-refractivity contribution in [2.75, 3.05) is 49.5 Å². The van der Waals surface area contributed by atoms with Gasteiger partial charge in [-0.1, -0.05) is 11.3 Å². The summed E-state index contributed by atoms with van der Waals surface area (Å²) in [6.07, 6.45) is 2.12. The number of carbonyl (C=O) groups is 2. The van der Waals surface area contributed by atoms with Crippen LogP contribution in [0.25, 0.3) is 0 Å². The summed E-state index contributed by atoms with van der Waals surface area (Å²) in [4.78, 5) is 41.2. The molecule has 0 saturated carbocycles. The van der Waals surface area contributed by atoms with Crippen LogP contribution in [0.1, 0.15) is 21.1 Å². The third-order valence-electron chi connectivity index (χ3n) is 5.40. The number of thiazole rings is 1. The summed E-state index contributed by atoms with van der Waals surface area (Å²) < 4.78 is 11.8. The summed E-state index contributed by atoms with van der Waals surface area (Å²) in [6.45, 7) is 0.303. The molecule has 16 heteroatoms. The van der Waals surface area contributed by atoms with Crippen LogP contribution in [0.15, 0.2) is 12.3 Å². The van der Waals surface area contributed by atoms with E-state index < -0.39 is 31.2 Å². The van der Waals surface area contributed by atoms with Crippen LogP contribution in [-0.4, -0.2) is 86.9 Å². The zero-order chi connectivity index (χ0) is 26.5. The molecule has 3 aromatic rings. The Morgan fingerprint density at radius 2 is 1.95 bits per heavy atom. The number of fused-ring (bicyclic) bond motifs is 1. The SMILES string of the molecule is COc1cc(N2CCc3nc(NC(=O)Nc4cn(C)nc4C(=O)NC(CO)CO)sc3C2)nc(OC)n1. The van der Waals surface area contributed by atoms with Crippen LogP contribution in [0.5, 0.6) is 11.9 Å². The van der Waals surface area contributed by atoms with Crippen LogP contribution in [0.3, 0.4) is 0 Å². The monoisotopic (exact) mass is 533 g/mol. The average Bonchev–Trinajstić information content (AvgIpc) is 3.47. The number of aliphatic hydroxyl groups excluding tert-OH is 2. The molecule has 4 heterocycles. The van der Waals surface area contributed by atoms with Crippen molar-refractivity contribution in [2.45, 2.75) is 19.0 Å². The number of hydrogen-bond acceptors (Lipinski definition) is 12. The van der Waals surface area contributed by atoms with Crippen LogP contribution in [0, 0.1) is 0 Å². The van der Waals surface area contributed by atoms with Gasteiger partial charge in [-0.2, -0.15) is 15.1 Å². The third-order valence-corrected chi connectivity index (χ3v) is 6.40. The lowest BCUT2D eigenvalue weighted by Crippen LogP contribution is -2.40. The molecule has 1 aliphatic rings. The number of methoxy groups -OCH3 is 2. The van der Waals surface area contributed by atoms with Crippen molar-refractivity contribution in [1.29, 1.82) is 0 Å². The quantitative estimate of drug-likeness (QED) is 0.248. The van der Waals surface area contributed by atoms with Crippen molar-refractivity contribution in [1.82, 2.24) is 30.0 Å². The molecule has 0 aromatic carbocycles. The maximum Gasteiger partial charge on any atom is 0.325 e. The normalized spacial score (nSPS) is 12.8. The number of anilines is 3. The maximum absolute atomic E-state index is 12.7. The van der Waals surface area contributed by atoms with E-state index in [9.17, 15) is 19.8 Å². The van der Waals surface area contributed by atoms with Crippen molar-refractivity contribution in [3.05, 3.63) is 28.5 Å². The van der Waals surface area contributed by atoms with E-state index in [-0.39, 0.29) is 17.4 Å². The minimum absolute atomic E-state index is 0.0608. The van der Waals surface area contributed by atoms with Gasteiger partial charge >= 0.3 is 12.0 Å². The molecule has 37 heavy (non-hydrogen) atoms. The highest BCUT2D eigenvalue weighted by molar-refractivity contribution is 7.15. The van der Waals surface area contributed by atoms with Gasteiger partial charge < -0.3 is 35.2 Å². The fraction of sp³-hybridized carbons (Fsp3) is 0.429. The molecule has 3 aromatic heterocycles. The second kappa shape index (κ2) is 11.4. The highest BCUT2D eigenvalue weighted by Gasteiger charge is 2.25. The van der Waals surface area contributed by atoms with Crippen LogP contribution >= 0.6 is 11.3 Å². The van der Waals surface area contributed by atoms with E-state index in [4.69, 9.17) is 9.47 Å². The van der Waals surface area contributed by atoms with Crippen molar-refractivity contribution < 1.29 is 29.3 Å². The molecule has 0 atom stereocenters. The Balaban J connectivity index is 1.42. The molecular formula is C21H27N9O6S. The van der Waals surface area contributed by atoms with Crippen LogP contribution in [0.2, 0.25) is 0 Å². The number of rotatable bonds is 9. The molecule has 0 spiro atoms. The van der Waals surface area contributed by atoms with Gasteiger partial charge in [0.2, 0.25) is 5.88 Å². The number of urea groups is 1. The van der Waals surface area contributed by atoms with E-state index in [0.29, 0.717) is 36.3 Å². The number of hydrogen-bond donors (Lipinski definition) is 5. The zero-order valence-corrected chi connectivity index (χ0v) is 21.2. The molecule has 5 N–H and O–H groups in total. The highest BCUT2D eigenvalue weighted by atomic mass is 32.1. The van der Waals surface area contributed by atoms with E-state index in [1.54, 1.807) is 13.1 Å². The van der Waals surface area contributed by atoms with Crippen LogP contribution in [-0.2, 0) is 20.0 Å². The van der Waals surface area contributed by atoms with Crippen molar-refractivity contribution in [2.24, 2.45) is 7.05 Å². The van der Waals surface area contributed by atoms with E-state index in [0.717, 1.165) is 10.6 Å². The Hall–Kier alpha value is -4.02. The predicted molar refractivity (Wildman–Crippen MR) is 133 cm³/mol. The molecule has 1 aliphatic heterocycles. The van der Waals surface area contributed by atoms with Crippen LogP contribution in [0.4, 0.5) is 21.4 Å². The molecule has 0 bridgehead atoms. The Bertz CT molecular complexity index is 1250. The standard InChI is InChI=1S/C21H27N9O6S/c1-29-7-13(17(28-29)18(33)22-11(9-31)10-32)23-19(34)27-21-24-12-4-5-30(8-14(12)37-21)15-6-16(35-2)26-20(25-15)36-3/h6-7,11,31-32H,4-5,8-10H2,1-3H3,(H,22,33)(H2,23,24,27,34). The van der Waals surface area contributed by atoms with Gasteiger partial charge in [0.15, 0.2) is 10.8 Å². The van der Waals surface area contributed by atoms with Gasteiger partial charge in [0.25, 0.3) is 5.91 Å². The lowest BCUT2D eigenvalue weighted by Gasteiger charge is -2.27. The van der Waals surface area contributed by atoms with E-state index in [2.05, 4.69) is 36.0 Å². The molecule has 0 aliphatic carbocycles. The molecule has 3 amide bonds. The number of ether oxygens (including phenoxy) is 2. The van der Waals surface area contributed by atoms with Gasteiger partial charge in [-0.3, -0.25) is 14.8 Å². The molecular weight excluding hydrogens is 506 g/mol. The first-order valence-electron chi connectivity index (χ1n) is 11.2. The van der Waals surface area contributed by atoms with Gasteiger partial charge in [-0.05, 0) is 0 Å². The van der Waals surface area contributed by atoms with Crippen molar-refractivity contribution in [3.63, 3.8) is 0 Å². The lowest BCUT2D eigenvalue weighted by atomic mass is 10.2. The second-order valence-electron chi connectivity index (χ2n) is 8.00. The summed E-state index contributed by atoms with van der Waals surface area (Å²) in [5.41, 5.74) is 0.977. The minimum atomic E-state index is -0.845. The Morgan fingerprint density at radius 1 is 1.16 bits per heavy atom. The first-order valence-corrected chi connectivity index (χ1v) is 12.0. The number of nitrogens with zero attached hydrogens (tertiary/aromatic N) is 6. The maximum atomic E-state index is 12.7. The molecule has 0 unspecified atom stereocenters. The van der Waals surface area contributed by atoms with Gasteiger partial charge in [-0.15, -0.1) is 0 Å². The molecule has 0 fully saturated rings. The predicted octanol–water partition coefficient (Wildman–Crippen LogP) is -0.0265. The van der Waals surface area contributed by atoms with Gasteiger partial charge in [-0.25, -0.2) is 9.78 Å². The molecule has 0 saturated heterocycles. The van der Waals surface area contributed by atoms with Gasteiger partial charge in [0.05, 0.1) is 51.4 Å². The lowest BCUT2D eigenvalue weighted by molar-refractivity contribution is 0.0874. The Morgan fingerprint density at radius 3 is 2.65 bits per heavy atom. The fourth-order valence-electron chi connectivity index (χ4n) is 3.60. The zero-order valence-electron chi connectivity index (χ0n) is 20.4. The largest absolute Gasteiger partial charge is 0.481 e. The van der Waals surface area contributed by atoms with E-state index in [1.807, 2.05) is 4.90 Å². The summed E-state index contributed by atoms with van der Waals surface area (Å²) in [7, 11) is 4.60. The summed E-state index contributed by atoms with van der Waals surface area (Å²) in [6, 6.07) is 0.486. The number of carbonyl (C=O) groups excluding carboxylic acids is 2. The molecule has 15 nitrogen and oxygen atoms in total. The Kier molecular flexibility index (Phi) is 8.00. The summed E-state index contributed by atoms with van der Waals surface area (Å²) in [5, 5.41) is 30.6. The van der Waals surface area contributed by atoms with Gasteiger partial charge in [0.1, 0.15) is 5.82 Å². The second-order valence-corrected chi connectivity index (χ2v) is 9.08. The van der Waals surface area contributed by atoms with E-state index in [1.165, 1.54) is 36.4 Å². The first kappa shape index (κ1) is 26.1. The number of amides is 3. The van der Waals surface area contributed by atoms with Crippen molar-refractivity contribution >= 4 is 39.9 Å². The topological polar surface area (TPSA) is 189 Å². The van der Waals surface area contributed by atoms with Crippen LogP contribution < -0.4 is 30.3 Å². The minimum Gasteiger partial charge on any atom is -0.481 e. The number of aliphatic hydroxyl groups is 2. The number of nitrogens with one attached hydrogen (secondary N) is 3.